The Labute approximate surface area is 153 Å². The van der Waals surface area contributed by atoms with E-state index in [1.807, 2.05) is 28.2 Å². The molecule has 0 radical (unpaired) electrons. The molecule has 4 heterocycles. The van der Waals surface area contributed by atoms with Crippen LogP contribution in [0.3, 0.4) is 0 Å². The van der Waals surface area contributed by atoms with E-state index in [1.54, 1.807) is 0 Å². The maximum absolute atomic E-state index is 12.4. The number of hydrogen-bond donors (Lipinski definition) is 0. The smallest absolute Gasteiger partial charge is 0.276 e. The Morgan fingerprint density at radius 2 is 1.81 bits per heavy atom. The van der Waals surface area contributed by atoms with Crippen molar-refractivity contribution in [2.24, 2.45) is 0 Å². The first-order valence-corrected chi connectivity index (χ1v) is 9.51. The molecule has 0 N–H and O–H groups in total. The molecule has 4 rings (SSSR count). The Bertz CT molecular complexity index is 743. The Morgan fingerprint density at radius 1 is 1.12 bits per heavy atom. The van der Waals surface area contributed by atoms with Crippen LogP contribution in [0.5, 0.6) is 0 Å². The summed E-state index contributed by atoms with van der Waals surface area (Å²) < 4.78 is 1.86. The van der Waals surface area contributed by atoms with Gasteiger partial charge in [-0.1, -0.05) is 12.1 Å². The van der Waals surface area contributed by atoms with Crippen molar-refractivity contribution in [3.05, 3.63) is 29.8 Å². The second-order valence-corrected chi connectivity index (χ2v) is 7.05. The highest BCUT2D eigenvalue weighted by Crippen LogP contribution is 2.24. The summed E-state index contributed by atoms with van der Waals surface area (Å²) in [4.78, 5) is 25.4. The van der Waals surface area contributed by atoms with Crippen LogP contribution >= 0.6 is 0 Å². The van der Waals surface area contributed by atoms with Crippen LogP contribution in [0.2, 0.25) is 0 Å². The molecule has 8 heteroatoms. The first-order chi connectivity index (χ1) is 12.7. The fourth-order valence-corrected chi connectivity index (χ4v) is 3.66. The van der Waals surface area contributed by atoms with Crippen molar-refractivity contribution in [3.8, 4) is 0 Å². The van der Waals surface area contributed by atoms with Gasteiger partial charge in [0.1, 0.15) is 0 Å². The van der Waals surface area contributed by atoms with Crippen LogP contribution in [0.25, 0.3) is 0 Å². The van der Waals surface area contributed by atoms with E-state index in [0.29, 0.717) is 5.69 Å². The van der Waals surface area contributed by atoms with Gasteiger partial charge in [-0.2, -0.15) is 0 Å². The lowest BCUT2D eigenvalue weighted by Gasteiger charge is -2.31. The van der Waals surface area contributed by atoms with Gasteiger partial charge in [-0.25, -0.2) is 14.6 Å². The Hall–Kier alpha value is -2.51. The first kappa shape index (κ1) is 16.9. The van der Waals surface area contributed by atoms with Gasteiger partial charge in [-0.15, -0.1) is 5.10 Å². The molecule has 0 spiro atoms. The minimum atomic E-state index is 0.00981. The second-order valence-electron chi connectivity index (χ2n) is 7.05. The number of aromatic nitrogens is 5. The number of amides is 1. The van der Waals surface area contributed by atoms with Crippen molar-refractivity contribution in [1.82, 2.24) is 29.9 Å². The molecule has 2 fully saturated rings. The fraction of sp³-hybridized carbons (Fsp3) is 0.611. The maximum Gasteiger partial charge on any atom is 0.276 e. The third kappa shape index (κ3) is 3.40. The highest BCUT2D eigenvalue weighted by Gasteiger charge is 2.26. The number of rotatable bonds is 4. The summed E-state index contributed by atoms with van der Waals surface area (Å²) in [7, 11) is 0. The number of likely N-dealkylation sites (tertiary alicyclic amines) is 1. The standard InChI is InChI=1S/C18H25N7O/c1-2-14-11-19-18(20-12-14)24-9-5-15(6-10-24)25-13-16(21-22-25)17(26)23-7-3-4-8-23/h11-13,15H,2-10H2,1H3. The predicted octanol–water partition coefficient (Wildman–Crippen LogP) is 1.71. The zero-order valence-electron chi connectivity index (χ0n) is 15.2. The largest absolute Gasteiger partial charge is 0.341 e. The molecule has 2 aliphatic heterocycles. The SMILES string of the molecule is CCc1cnc(N2CCC(n3cc(C(=O)N4CCCC4)nn3)CC2)nc1. The van der Waals surface area contributed by atoms with Crippen LogP contribution in [-0.2, 0) is 6.42 Å². The third-order valence-corrected chi connectivity index (χ3v) is 5.34. The van der Waals surface area contributed by atoms with Gasteiger partial charge in [0, 0.05) is 38.6 Å². The normalized spacial score (nSPS) is 18.5. The van der Waals surface area contributed by atoms with Crippen LogP contribution < -0.4 is 4.90 Å². The molecular weight excluding hydrogens is 330 g/mol. The number of piperidine rings is 1. The fourth-order valence-electron chi connectivity index (χ4n) is 3.66. The average molecular weight is 355 g/mol. The molecule has 2 aromatic heterocycles. The van der Waals surface area contributed by atoms with Crippen LogP contribution in [0, 0.1) is 0 Å². The van der Waals surface area contributed by atoms with E-state index in [9.17, 15) is 4.79 Å². The van der Waals surface area contributed by atoms with E-state index in [-0.39, 0.29) is 11.9 Å². The van der Waals surface area contributed by atoms with E-state index in [0.717, 1.165) is 69.8 Å². The zero-order valence-corrected chi connectivity index (χ0v) is 15.2. The van der Waals surface area contributed by atoms with Gasteiger partial charge in [-0.05, 0) is 37.7 Å². The van der Waals surface area contributed by atoms with Gasteiger partial charge in [0.15, 0.2) is 5.69 Å². The van der Waals surface area contributed by atoms with Gasteiger partial charge < -0.3 is 9.80 Å². The van der Waals surface area contributed by atoms with Crippen LogP contribution in [0.1, 0.15) is 54.7 Å². The molecule has 0 aromatic carbocycles. The molecular formula is C18H25N7O. The summed E-state index contributed by atoms with van der Waals surface area (Å²) in [5.74, 6) is 0.805. The summed E-state index contributed by atoms with van der Waals surface area (Å²) in [6.07, 6.45) is 10.6. The quantitative estimate of drug-likeness (QED) is 0.831. The van der Waals surface area contributed by atoms with Gasteiger partial charge in [-0.3, -0.25) is 4.79 Å². The molecule has 2 aromatic rings. The number of nitrogens with zero attached hydrogens (tertiary/aromatic N) is 7. The number of carbonyl (C=O) groups is 1. The molecule has 0 saturated carbocycles. The van der Waals surface area contributed by atoms with Crippen molar-refractivity contribution in [3.63, 3.8) is 0 Å². The van der Waals surface area contributed by atoms with E-state index in [2.05, 4.69) is 32.1 Å². The number of aryl methyl sites for hydroxylation is 1. The average Bonchev–Trinajstić information content (AvgIpc) is 3.40. The lowest BCUT2D eigenvalue weighted by atomic mass is 10.1. The van der Waals surface area contributed by atoms with Crippen molar-refractivity contribution >= 4 is 11.9 Å². The molecule has 0 bridgehead atoms. The Kier molecular flexibility index (Phi) is 4.81. The Morgan fingerprint density at radius 3 is 2.46 bits per heavy atom. The van der Waals surface area contributed by atoms with Crippen molar-refractivity contribution < 1.29 is 4.79 Å². The summed E-state index contributed by atoms with van der Waals surface area (Å²) in [5.41, 5.74) is 1.62. The molecule has 26 heavy (non-hydrogen) atoms. The van der Waals surface area contributed by atoms with Gasteiger partial charge >= 0.3 is 0 Å². The minimum absolute atomic E-state index is 0.00981. The van der Waals surface area contributed by atoms with Crippen molar-refractivity contribution in [2.75, 3.05) is 31.1 Å². The number of anilines is 1. The van der Waals surface area contributed by atoms with Crippen molar-refractivity contribution in [2.45, 2.75) is 45.1 Å². The van der Waals surface area contributed by atoms with Crippen molar-refractivity contribution in [1.29, 1.82) is 0 Å². The first-order valence-electron chi connectivity index (χ1n) is 9.51. The van der Waals surface area contributed by atoms with Gasteiger partial charge in [0.25, 0.3) is 5.91 Å². The second kappa shape index (κ2) is 7.39. The zero-order chi connectivity index (χ0) is 17.9. The molecule has 2 aliphatic rings. The predicted molar refractivity (Wildman–Crippen MR) is 97.1 cm³/mol. The molecule has 2 saturated heterocycles. The van der Waals surface area contributed by atoms with Crippen LogP contribution in [0.15, 0.2) is 18.6 Å². The highest BCUT2D eigenvalue weighted by atomic mass is 16.2. The lowest BCUT2D eigenvalue weighted by molar-refractivity contribution is 0.0787. The third-order valence-electron chi connectivity index (χ3n) is 5.34. The monoisotopic (exact) mass is 355 g/mol. The topological polar surface area (TPSA) is 80.0 Å². The molecule has 1 amide bonds. The number of carbonyl (C=O) groups excluding carboxylic acids is 1. The summed E-state index contributed by atoms with van der Waals surface area (Å²) in [6.45, 7) is 5.53. The lowest BCUT2D eigenvalue weighted by Crippen LogP contribution is -2.36. The summed E-state index contributed by atoms with van der Waals surface area (Å²) in [5, 5.41) is 8.34. The van der Waals surface area contributed by atoms with E-state index in [4.69, 9.17) is 0 Å². The molecule has 138 valence electrons. The van der Waals surface area contributed by atoms with E-state index < -0.39 is 0 Å². The van der Waals surface area contributed by atoms with E-state index >= 15 is 0 Å². The highest BCUT2D eigenvalue weighted by molar-refractivity contribution is 5.92. The van der Waals surface area contributed by atoms with Gasteiger partial charge in [0.05, 0.1) is 12.2 Å². The molecule has 0 unspecified atom stereocenters. The minimum Gasteiger partial charge on any atom is -0.341 e. The van der Waals surface area contributed by atoms with Gasteiger partial charge in [0.2, 0.25) is 5.95 Å². The maximum atomic E-state index is 12.4. The Balaban J connectivity index is 1.36. The molecule has 0 atom stereocenters. The van der Waals surface area contributed by atoms with E-state index in [1.165, 1.54) is 0 Å². The van der Waals surface area contributed by atoms with Crippen LogP contribution in [0.4, 0.5) is 5.95 Å². The number of hydrogen-bond acceptors (Lipinski definition) is 6. The summed E-state index contributed by atoms with van der Waals surface area (Å²) >= 11 is 0. The summed E-state index contributed by atoms with van der Waals surface area (Å²) in [6, 6.07) is 0.272. The van der Waals surface area contributed by atoms with Crippen LogP contribution in [-0.4, -0.2) is 61.9 Å². The molecule has 0 aliphatic carbocycles. The molecule has 8 nitrogen and oxygen atoms in total.